The Bertz CT molecular complexity index is 403. The Kier molecular flexibility index (Phi) is 3.16. The van der Waals surface area contributed by atoms with Crippen LogP contribution in [0, 0.1) is 5.92 Å². The molecule has 0 aromatic carbocycles. The zero-order valence-corrected chi connectivity index (χ0v) is 11.3. The second-order valence-electron chi connectivity index (χ2n) is 6.03. The first-order valence-electron chi connectivity index (χ1n) is 7.02. The van der Waals surface area contributed by atoms with Crippen molar-refractivity contribution in [2.45, 2.75) is 50.3 Å². The smallest absolute Gasteiger partial charge is 0.0650 e. The van der Waals surface area contributed by atoms with Gasteiger partial charge in [0, 0.05) is 31.7 Å². The van der Waals surface area contributed by atoms with E-state index in [-0.39, 0.29) is 6.10 Å². The van der Waals surface area contributed by atoms with Crippen LogP contribution in [0.25, 0.3) is 0 Å². The number of aryl methyl sites for hydroxylation is 1. The molecule has 3 atom stereocenters. The summed E-state index contributed by atoms with van der Waals surface area (Å²) in [5.41, 5.74) is 1.01. The fraction of sp³-hybridized carbons (Fsp3) is 0.786. The highest BCUT2D eigenvalue weighted by Gasteiger charge is 2.40. The SMILES string of the molecule is CN1C2CCC1CC(C(O)Cc1ccn(C)n1)C2. The third kappa shape index (κ3) is 2.19. The highest BCUT2D eigenvalue weighted by atomic mass is 16.3. The lowest BCUT2D eigenvalue weighted by atomic mass is 9.85. The van der Waals surface area contributed by atoms with E-state index < -0.39 is 0 Å². The molecule has 4 heteroatoms. The summed E-state index contributed by atoms with van der Waals surface area (Å²) in [4.78, 5) is 2.52. The van der Waals surface area contributed by atoms with Gasteiger partial charge >= 0.3 is 0 Å². The molecule has 3 unspecified atom stereocenters. The van der Waals surface area contributed by atoms with Gasteiger partial charge in [-0.3, -0.25) is 4.68 Å². The molecule has 0 aliphatic carbocycles. The number of fused-ring (bicyclic) bond motifs is 2. The second kappa shape index (κ2) is 4.67. The average molecular weight is 249 g/mol. The van der Waals surface area contributed by atoms with Gasteiger partial charge in [-0.1, -0.05) is 0 Å². The fourth-order valence-electron chi connectivity index (χ4n) is 3.72. The van der Waals surface area contributed by atoms with Crippen LogP contribution in [0.4, 0.5) is 0 Å². The Morgan fingerprint density at radius 2 is 2.00 bits per heavy atom. The number of rotatable bonds is 3. The molecular formula is C14H23N3O. The Morgan fingerprint density at radius 3 is 2.56 bits per heavy atom. The highest BCUT2D eigenvalue weighted by molar-refractivity contribution is 5.03. The van der Waals surface area contributed by atoms with Crippen molar-refractivity contribution >= 4 is 0 Å². The van der Waals surface area contributed by atoms with Crippen molar-refractivity contribution in [2.75, 3.05) is 7.05 Å². The normalized spacial score (nSPS) is 33.8. The van der Waals surface area contributed by atoms with Crippen molar-refractivity contribution in [1.82, 2.24) is 14.7 Å². The fourth-order valence-corrected chi connectivity index (χ4v) is 3.72. The van der Waals surface area contributed by atoms with Crippen LogP contribution in [-0.4, -0.2) is 45.0 Å². The molecular weight excluding hydrogens is 226 g/mol. The first-order valence-corrected chi connectivity index (χ1v) is 7.02. The molecule has 1 aromatic rings. The summed E-state index contributed by atoms with van der Waals surface area (Å²) < 4.78 is 1.81. The molecule has 0 saturated carbocycles. The molecule has 1 aromatic heterocycles. The molecule has 3 rings (SSSR count). The highest BCUT2D eigenvalue weighted by Crippen LogP contribution is 2.39. The molecule has 4 nitrogen and oxygen atoms in total. The van der Waals surface area contributed by atoms with Crippen LogP contribution in [0.5, 0.6) is 0 Å². The number of nitrogens with zero attached hydrogens (tertiary/aromatic N) is 3. The summed E-state index contributed by atoms with van der Waals surface area (Å²) in [6, 6.07) is 3.41. The van der Waals surface area contributed by atoms with Crippen molar-refractivity contribution in [3.05, 3.63) is 18.0 Å². The minimum absolute atomic E-state index is 0.225. The lowest BCUT2D eigenvalue weighted by Crippen LogP contribution is -2.43. The predicted molar refractivity (Wildman–Crippen MR) is 70.2 cm³/mol. The number of aliphatic hydroxyl groups is 1. The molecule has 0 amide bonds. The first kappa shape index (κ1) is 12.2. The molecule has 2 bridgehead atoms. The van der Waals surface area contributed by atoms with E-state index in [0.717, 1.165) is 18.5 Å². The van der Waals surface area contributed by atoms with E-state index in [1.165, 1.54) is 12.8 Å². The first-order chi connectivity index (χ1) is 8.63. The van der Waals surface area contributed by atoms with E-state index in [2.05, 4.69) is 17.0 Å². The summed E-state index contributed by atoms with van der Waals surface area (Å²) in [5, 5.41) is 14.8. The van der Waals surface area contributed by atoms with E-state index in [0.29, 0.717) is 24.4 Å². The molecule has 0 radical (unpaired) electrons. The zero-order chi connectivity index (χ0) is 12.7. The van der Waals surface area contributed by atoms with Crippen LogP contribution in [-0.2, 0) is 13.5 Å². The summed E-state index contributed by atoms with van der Waals surface area (Å²) in [7, 11) is 4.16. The molecule has 0 spiro atoms. The van der Waals surface area contributed by atoms with Gasteiger partial charge in [0.05, 0.1) is 11.8 Å². The van der Waals surface area contributed by atoms with Crippen molar-refractivity contribution in [3.8, 4) is 0 Å². The van der Waals surface area contributed by atoms with Gasteiger partial charge in [0.25, 0.3) is 0 Å². The maximum atomic E-state index is 10.4. The maximum absolute atomic E-state index is 10.4. The Labute approximate surface area is 109 Å². The van der Waals surface area contributed by atoms with Gasteiger partial charge in [-0.15, -0.1) is 0 Å². The third-order valence-electron chi connectivity index (χ3n) is 4.87. The molecule has 18 heavy (non-hydrogen) atoms. The lowest BCUT2D eigenvalue weighted by Gasteiger charge is -2.38. The van der Waals surface area contributed by atoms with Crippen LogP contribution in [0.2, 0.25) is 0 Å². The van der Waals surface area contributed by atoms with Crippen LogP contribution >= 0.6 is 0 Å². The van der Waals surface area contributed by atoms with Gasteiger partial charge in [0.2, 0.25) is 0 Å². The number of hydrogen-bond acceptors (Lipinski definition) is 3. The summed E-state index contributed by atoms with van der Waals surface area (Å²) in [5.74, 6) is 0.459. The average Bonchev–Trinajstić information content (AvgIpc) is 2.80. The number of aliphatic hydroxyl groups excluding tert-OH is 1. The predicted octanol–water partition coefficient (Wildman–Crippen LogP) is 1.20. The quantitative estimate of drug-likeness (QED) is 0.875. The minimum Gasteiger partial charge on any atom is -0.392 e. The molecule has 1 N–H and O–H groups in total. The molecule has 2 aliphatic heterocycles. The van der Waals surface area contributed by atoms with Gasteiger partial charge in [0.15, 0.2) is 0 Å². The third-order valence-corrected chi connectivity index (χ3v) is 4.87. The summed E-state index contributed by atoms with van der Waals surface area (Å²) in [6.07, 6.45) is 7.36. The van der Waals surface area contributed by atoms with Gasteiger partial charge in [-0.25, -0.2) is 0 Å². The van der Waals surface area contributed by atoms with Gasteiger partial charge in [-0.2, -0.15) is 5.10 Å². The lowest BCUT2D eigenvalue weighted by molar-refractivity contribution is 0.0362. The number of hydrogen-bond donors (Lipinski definition) is 1. The van der Waals surface area contributed by atoms with Crippen LogP contribution < -0.4 is 0 Å². The van der Waals surface area contributed by atoms with E-state index in [1.54, 1.807) is 4.68 Å². The molecule has 100 valence electrons. The molecule has 2 fully saturated rings. The van der Waals surface area contributed by atoms with Crippen LogP contribution in [0.15, 0.2) is 12.3 Å². The van der Waals surface area contributed by atoms with E-state index >= 15 is 0 Å². The van der Waals surface area contributed by atoms with Crippen LogP contribution in [0.3, 0.4) is 0 Å². The molecule has 3 heterocycles. The van der Waals surface area contributed by atoms with Crippen molar-refractivity contribution in [1.29, 1.82) is 0 Å². The standard InChI is InChI=1S/C14H23N3O/c1-16-6-5-11(15-16)9-14(18)10-7-12-3-4-13(8-10)17(12)2/h5-6,10,12-14,18H,3-4,7-9H2,1-2H3. The maximum Gasteiger partial charge on any atom is 0.0650 e. The monoisotopic (exact) mass is 249 g/mol. The van der Waals surface area contributed by atoms with Crippen LogP contribution in [0.1, 0.15) is 31.4 Å². The molecule has 2 aliphatic rings. The van der Waals surface area contributed by atoms with Crippen molar-refractivity contribution in [2.24, 2.45) is 13.0 Å². The van der Waals surface area contributed by atoms with E-state index in [4.69, 9.17) is 0 Å². The summed E-state index contributed by atoms with van der Waals surface area (Å²) in [6.45, 7) is 0. The Hall–Kier alpha value is -0.870. The van der Waals surface area contributed by atoms with Gasteiger partial charge in [0.1, 0.15) is 0 Å². The summed E-state index contributed by atoms with van der Waals surface area (Å²) >= 11 is 0. The Balaban J connectivity index is 1.62. The number of aromatic nitrogens is 2. The van der Waals surface area contributed by atoms with Gasteiger partial charge in [-0.05, 0) is 44.7 Å². The zero-order valence-electron chi connectivity index (χ0n) is 11.3. The topological polar surface area (TPSA) is 41.3 Å². The number of piperidine rings is 1. The Morgan fingerprint density at radius 1 is 1.33 bits per heavy atom. The van der Waals surface area contributed by atoms with Crippen molar-refractivity contribution < 1.29 is 5.11 Å². The van der Waals surface area contributed by atoms with Gasteiger partial charge < -0.3 is 10.0 Å². The molecule has 2 saturated heterocycles. The minimum atomic E-state index is -0.225. The second-order valence-corrected chi connectivity index (χ2v) is 6.03. The largest absolute Gasteiger partial charge is 0.392 e. The van der Waals surface area contributed by atoms with Crippen molar-refractivity contribution in [3.63, 3.8) is 0 Å². The van der Waals surface area contributed by atoms with E-state index in [9.17, 15) is 5.11 Å². The van der Waals surface area contributed by atoms with E-state index in [1.807, 2.05) is 19.3 Å².